The fraction of sp³-hybridized carbons (Fsp3) is 0.278. The number of hydrogen-bond donors (Lipinski definition) is 1. The molecule has 45 heavy (non-hydrogen) atoms. The Hall–Kier alpha value is -4.50. The minimum atomic E-state index is -4.23. The maximum atomic E-state index is 15.0. The lowest BCUT2D eigenvalue weighted by Crippen LogP contribution is -2.54. The SMILES string of the molecule is Cc1ccc(S(=O)(=O)N(CC(=O)N(Cc2ccccc2F)[C@@H](Cc2ccccc2)C(=O)NC(C)C)c2cccc(C)c2C)cc1. The monoisotopic (exact) mass is 629 g/mol. The van der Waals surface area contributed by atoms with Gasteiger partial charge in [-0.1, -0.05) is 78.4 Å². The molecule has 0 aliphatic heterocycles. The van der Waals surface area contributed by atoms with Crippen molar-refractivity contribution < 1.29 is 22.4 Å². The molecule has 0 saturated carbocycles. The van der Waals surface area contributed by atoms with E-state index in [1.165, 1.54) is 23.1 Å². The van der Waals surface area contributed by atoms with E-state index in [0.29, 0.717) is 11.3 Å². The summed E-state index contributed by atoms with van der Waals surface area (Å²) in [5.41, 5.74) is 3.79. The Morgan fingerprint density at radius 3 is 2.11 bits per heavy atom. The number of anilines is 1. The van der Waals surface area contributed by atoms with Gasteiger partial charge in [0.15, 0.2) is 0 Å². The predicted molar refractivity (Wildman–Crippen MR) is 176 cm³/mol. The number of benzene rings is 4. The number of sulfonamides is 1. The minimum absolute atomic E-state index is 0.0286. The van der Waals surface area contributed by atoms with Gasteiger partial charge in [0.05, 0.1) is 10.6 Å². The van der Waals surface area contributed by atoms with Crippen molar-refractivity contribution in [2.75, 3.05) is 10.8 Å². The molecule has 0 fully saturated rings. The molecule has 0 unspecified atom stereocenters. The molecule has 236 valence electrons. The standard InChI is InChI=1S/C36H40FN3O4S/c1-25(2)38-36(42)34(22-29-13-7-6-8-14-29)39(23-30-15-9-10-16-32(30)37)35(41)24-40(33-17-11-12-27(4)28(33)5)45(43,44)31-20-18-26(3)19-21-31/h6-21,25,34H,22-24H2,1-5H3,(H,38,42)/t34-/m0/s1. The second-order valence-electron chi connectivity index (χ2n) is 11.5. The lowest BCUT2D eigenvalue weighted by molar-refractivity contribution is -0.140. The molecule has 2 amide bonds. The molecule has 7 nitrogen and oxygen atoms in total. The summed E-state index contributed by atoms with van der Waals surface area (Å²) >= 11 is 0. The Kier molecular flexibility index (Phi) is 10.8. The molecule has 1 atom stereocenters. The van der Waals surface area contributed by atoms with E-state index in [0.717, 1.165) is 21.0 Å². The zero-order valence-corrected chi connectivity index (χ0v) is 27.1. The van der Waals surface area contributed by atoms with Gasteiger partial charge in [-0.15, -0.1) is 0 Å². The van der Waals surface area contributed by atoms with Gasteiger partial charge in [-0.05, 0) is 75.6 Å². The number of rotatable bonds is 12. The fourth-order valence-electron chi connectivity index (χ4n) is 5.10. The zero-order chi connectivity index (χ0) is 32.7. The Balaban J connectivity index is 1.85. The summed E-state index contributed by atoms with van der Waals surface area (Å²) in [6, 6.07) is 25.7. The Morgan fingerprint density at radius 2 is 1.47 bits per heavy atom. The van der Waals surface area contributed by atoms with Crippen molar-refractivity contribution in [2.45, 2.75) is 64.6 Å². The van der Waals surface area contributed by atoms with E-state index in [9.17, 15) is 18.0 Å². The molecule has 4 rings (SSSR count). The van der Waals surface area contributed by atoms with Crippen LogP contribution in [0.5, 0.6) is 0 Å². The third kappa shape index (κ3) is 8.16. The van der Waals surface area contributed by atoms with Crippen LogP contribution in [0, 0.1) is 26.6 Å². The van der Waals surface area contributed by atoms with Crippen molar-refractivity contribution in [2.24, 2.45) is 0 Å². The summed E-state index contributed by atoms with van der Waals surface area (Å²) in [4.78, 5) is 29.6. The van der Waals surface area contributed by atoms with E-state index in [2.05, 4.69) is 5.32 Å². The third-order valence-electron chi connectivity index (χ3n) is 7.73. The maximum Gasteiger partial charge on any atom is 0.264 e. The highest BCUT2D eigenvalue weighted by atomic mass is 32.2. The quantitative estimate of drug-likeness (QED) is 0.205. The molecule has 4 aromatic rings. The molecule has 0 aliphatic rings. The van der Waals surface area contributed by atoms with Crippen LogP contribution < -0.4 is 9.62 Å². The van der Waals surface area contributed by atoms with Crippen LogP contribution in [-0.2, 0) is 32.6 Å². The van der Waals surface area contributed by atoms with Crippen LogP contribution in [0.15, 0.2) is 102 Å². The van der Waals surface area contributed by atoms with Gasteiger partial charge in [-0.25, -0.2) is 12.8 Å². The van der Waals surface area contributed by atoms with Gasteiger partial charge in [0, 0.05) is 24.6 Å². The van der Waals surface area contributed by atoms with Crippen LogP contribution in [0.2, 0.25) is 0 Å². The Labute approximate surface area is 265 Å². The first-order chi connectivity index (χ1) is 21.4. The number of hydrogen-bond acceptors (Lipinski definition) is 4. The number of carbonyl (C=O) groups is 2. The molecule has 4 aromatic carbocycles. The first-order valence-corrected chi connectivity index (χ1v) is 16.3. The van der Waals surface area contributed by atoms with Crippen molar-refractivity contribution in [3.8, 4) is 0 Å². The van der Waals surface area contributed by atoms with Gasteiger partial charge >= 0.3 is 0 Å². The lowest BCUT2D eigenvalue weighted by Gasteiger charge is -2.34. The van der Waals surface area contributed by atoms with Crippen LogP contribution in [0.25, 0.3) is 0 Å². The molecule has 0 aliphatic carbocycles. The van der Waals surface area contributed by atoms with Crippen molar-refractivity contribution >= 4 is 27.5 Å². The van der Waals surface area contributed by atoms with E-state index in [1.54, 1.807) is 49.4 Å². The van der Waals surface area contributed by atoms with Crippen LogP contribution in [0.4, 0.5) is 10.1 Å². The smallest absolute Gasteiger partial charge is 0.264 e. The highest BCUT2D eigenvalue weighted by Gasteiger charge is 2.35. The number of carbonyl (C=O) groups excluding carboxylic acids is 2. The minimum Gasteiger partial charge on any atom is -0.352 e. The molecule has 0 radical (unpaired) electrons. The number of nitrogens with one attached hydrogen (secondary N) is 1. The summed E-state index contributed by atoms with van der Waals surface area (Å²) in [5.74, 6) is -1.59. The molecular weight excluding hydrogens is 589 g/mol. The average molecular weight is 630 g/mol. The van der Waals surface area contributed by atoms with Crippen LogP contribution in [0.1, 0.15) is 41.7 Å². The molecule has 0 spiro atoms. The Morgan fingerprint density at radius 1 is 0.822 bits per heavy atom. The largest absolute Gasteiger partial charge is 0.352 e. The predicted octanol–water partition coefficient (Wildman–Crippen LogP) is 6.11. The van der Waals surface area contributed by atoms with Crippen molar-refractivity contribution in [1.82, 2.24) is 10.2 Å². The molecule has 0 bridgehead atoms. The summed E-state index contributed by atoms with van der Waals surface area (Å²) in [5, 5.41) is 2.90. The summed E-state index contributed by atoms with van der Waals surface area (Å²) < 4.78 is 44.6. The van der Waals surface area contributed by atoms with Gasteiger partial charge in [-0.3, -0.25) is 13.9 Å². The fourth-order valence-corrected chi connectivity index (χ4v) is 6.57. The van der Waals surface area contributed by atoms with Crippen LogP contribution in [-0.4, -0.2) is 43.8 Å². The second kappa shape index (κ2) is 14.5. The normalized spacial score (nSPS) is 12.1. The molecule has 9 heteroatoms. The summed E-state index contributed by atoms with van der Waals surface area (Å²) in [6.45, 7) is 8.33. The summed E-state index contributed by atoms with van der Waals surface area (Å²) in [6.07, 6.45) is 0.147. The zero-order valence-electron chi connectivity index (χ0n) is 26.3. The van der Waals surface area contributed by atoms with E-state index >= 15 is 4.39 Å². The number of aryl methyl sites for hydroxylation is 2. The summed E-state index contributed by atoms with van der Waals surface area (Å²) in [7, 11) is -4.23. The van der Waals surface area contributed by atoms with Crippen molar-refractivity contribution in [1.29, 1.82) is 0 Å². The van der Waals surface area contributed by atoms with E-state index in [4.69, 9.17) is 0 Å². The van der Waals surface area contributed by atoms with E-state index < -0.39 is 40.2 Å². The molecule has 0 aromatic heterocycles. The number of amides is 2. The first-order valence-electron chi connectivity index (χ1n) is 14.9. The van der Waals surface area contributed by atoms with Crippen LogP contribution >= 0.6 is 0 Å². The number of nitrogens with zero attached hydrogens (tertiary/aromatic N) is 2. The highest BCUT2D eigenvalue weighted by Crippen LogP contribution is 2.29. The van der Waals surface area contributed by atoms with E-state index in [-0.39, 0.29) is 29.5 Å². The molecule has 0 saturated heterocycles. The topological polar surface area (TPSA) is 86.8 Å². The second-order valence-corrected chi connectivity index (χ2v) is 13.4. The average Bonchev–Trinajstić information content (AvgIpc) is 3.00. The van der Waals surface area contributed by atoms with Gasteiger partial charge in [-0.2, -0.15) is 0 Å². The van der Waals surface area contributed by atoms with E-state index in [1.807, 2.05) is 64.1 Å². The third-order valence-corrected chi connectivity index (χ3v) is 9.51. The van der Waals surface area contributed by atoms with Gasteiger partial charge in [0.25, 0.3) is 10.0 Å². The molecular formula is C36H40FN3O4S. The van der Waals surface area contributed by atoms with Crippen molar-refractivity contribution in [3.63, 3.8) is 0 Å². The van der Waals surface area contributed by atoms with Crippen molar-refractivity contribution in [3.05, 3.63) is 131 Å². The van der Waals surface area contributed by atoms with Gasteiger partial charge < -0.3 is 10.2 Å². The lowest BCUT2D eigenvalue weighted by atomic mass is 10.0. The number of halogens is 1. The first kappa shape index (κ1) is 33.4. The highest BCUT2D eigenvalue weighted by molar-refractivity contribution is 7.92. The van der Waals surface area contributed by atoms with Gasteiger partial charge in [0.1, 0.15) is 18.4 Å². The Bertz CT molecular complexity index is 1740. The van der Waals surface area contributed by atoms with Crippen LogP contribution in [0.3, 0.4) is 0 Å². The molecule has 1 N–H and O–H groups in total. The maximum absolute atomic E-state index is 15.0. The van der Waals surface area contributed by atoms with Gasteiger partial charge in [0.2, 0.25) is 11.8 Å². The molecule has 0 heterocycles.